The summed E-state index contributed by atoms with van der Waals surface area (Å²) in [6, 6.07) is -13.3. The molecule has 0 aromatic heterocycles. The van der Waals surface area contributed by atoms with E-state index in [9.17, 15) is 33.5 Å². The van der Waals surface area contributed by atoms with Gasteiger partial charge in [-0.2, -0.15) is 0 Å². The molecule has 0 bridgehead atoms. The first-order valence-electron chi connectivity index (χ1n) is 39.8. The van der Waals surface area contributed by atoms with Crippen molar-refractivity contribution < 1.29 is 71.8 Å². The van der Waals surface area contributed by atoms with Crippen molar-refractivity contribution in [2.45, 2.75) is 284 Å². The molecule has 5 rings (SSSR count). The molecule has 3 saturated heterocycles. The Morgan fingerprint density at radius 2 is 0.981 bits per heavy atom. The summed E-state index contributed by atoms with van der Waals surface area (Å²) in [5.74, 6) is -10.4. The number of ether oxygens (including phenoxy) is 1. The number of nitrogens with zero attached hydrogens (tertiary/aromatic N) is 8. The Hall–Kier alpha value is -6.55. The molecule has 2 aliphatic carbocycles. The van der Waals surface area contributed by atoms with E-state index in [4.69, 9.17) is 4.74 Å². The summed E-state index contributed by atoms with van der Waals surface area (Å²) < 4.78 is 21.0. The van der Waals surface area contributed by atoms with Crippen molar-refractivity contribution in [2.75, 3.05) is 95.3 Å². The summed E-state index contributed by atoms with van der Waals surface area (Å²) in [5.41, 5.74) is 0. The van der Waals surface area contributed by atoms with Gasteiger partial charge in [0.25, 0.3) is 0 Å². The van der Waals surface area contributed by atoms with Gasteiger partial charge in [0.05, 0.1) is 32.3 Å². The van der Waals surface area contributed by atoms with Crippen molar-refractivity contribution in [3.8, 4) is 0 Å². The van der Waals surface area contributed by atoms with Gasteiger partial charge in [-0.1, -0.05) is 140 Å². The van der Waals surface area contributed by atoms with Crippen LogP contribution in [0.2, 0.25) is 0 Å². The van der Waals surface area contributed by atoms with Gasteiger partial charge in [0, 0.05) is 75.5 Å². The van der Waals surface area contributed by atoms with E-state index in [0.29, 0.717) is 38.9 Å². The number of aliphatic hydroxyl groups is 1. The van der Waals surface area contributed by atoms with Crippen LogP contribution >= 0.6 is 0 Å². The highest BCUT2D eigenvalue weighted by Crippen LogP contribution is 2.33. The van der Waals surface area contributed by atoms with E-state index in [2.05, 4.69) is 26.6 Å². The van der Waals surface area contributed by atoms with E-state index in [-0.39, 0.29) is 87.2 Å². The number of likely N-dealkylation sites (N-methyl/N-ethyl adjacent to an activating group) is 7. The second-order valence-corrected chi connectivity index (χ2v) is 33.3. The Balaban J connectivity index is 1.71. The SMILES string of the molecule is CC[C@H](C)[C@H]1C(=O)N[C@@H]([C@@H](C)O)C(=O)N(C)CC(=O)N(C)[C@@H](CC(C)C)C(=O)N[C@H](C(=O)N2CCCCC2)CC(=O)N(C)[C@@H](C(C)C)C(=O)N[C@@H](COCC2CNCC(F)C2)C(=O)N(C)[C@@H](CC(C)C)C(=O)N(C)[C@@H](CC2CCCCC2)C(=O)N[C@@H](CC(C)C)C(=O)N(C)[C@@H](CC2CCCCC2)C(=O)N1C. The molecule has 5 aliphatic rings. The Labute approximate surface area is 632 Å². The number of carbonyl (C=O) groups excluding carboxylic acids is 12. The molecule has 2 unspecified atom stereocenters. The number of carbonyl (C=O) groups is 12. The molecular formula is C78H136FN13O14. The van der Waals surface area contributed by atoms with Crippen LogP contribution in [0.1, 0.15) is 211 Å². The molecular weight excluding hydrogens is 1360 g/mol. The maximum Gasteiger partial charge on any atom is 0.248 e. The standard InChI is InChI=1S/C78H136FN13O14/c1-19-51(10)68-72(99)84-66(52(11)93)78(105)85(12)44-65(95)86(13)60(36-48(4)5)69(96)82-58(75(102)92-33-27-22-28-34-92)41-64(94)90(17)67(50(8)9)71(98)83-59(46-106-45-55-38-56(79)43-80-42-55)74(101)88(15)62(37-49(6)7)76(103)87(14)61(39-53-29-23-20-24-30-53)70(97)81-57(35-47(2)3)73(100)89(16)63(77(104)91(68)18)40-54-31-25-21-26-32-54/h47-63,66-68,80,93H,19-46H2,1-18H3,(H,81,97)(H,82,96)(H,83,98)(H,84,99)/t51-,52+,55?,56?,57-,58-,59-,60-,61-,62-,63-,66-,67-,68-/m0/s1. The van der Waals surface area contributed by atoms with Crippen LogP contribution in [0.25, 0.3) is 0 Å². The average molecular weight is 1500 g/mol. The maximum absolute atomic E-state index is 15.8. The highest BCUT2D eigenvalue weighted by molar-refractivity contribution is 6.00. The normalized spacial score (nSPS) is 29.1. The van der Waals surface area contributed by atoms with Crippen molar-refractivity contribution in [1.29, 1.82) is 0 Å². The van der Waals surface area contributed by atoms with Crippen LogP contribution < -0.4 is 26.6 Å². The lowest BCUT2D eigenvalue weighted by molar-refractivity contribution is -0.153. The molecule has 3 heterocycles. The summed E-state index contributed by atoms with van der Waals surface area (Å²) in [6.07, 6.45) is 8.96. The summed E-state index contributed by atoms with van der Waals surface area (Å²) >= 11 is 0. The Kier molecular flexibility index (Phi) is 36.5. The van der Waals surface area contributed by atoms with E-state index >= 15 is 33.6 Å². The molecule has 106 heavy (non-hydrogen) atoms. The minimum absolute atomic E-state index is 0.00112. The third kappa shape index (κ3) is 25.8. The summed E-state index contributed by atoms with van der Waals surface area (Å²) in [7, 11) is 10.1. The van der Waals surface area contributed by atoms with Gasteiger partial charge in [-0.3, -0.25) is 57.5 Å². The predicted octanol–water partition coefficient (Wildman–Crippen LogP) is 4.89. The average Bonchev–Trinajstić information content (AvgIpc) is 0.805. The highest BCUT2D eigenvalue weighted by Gasteiger charge is 2.46. The van der Waals surface area contributed by atoms with Crippen molar-refractivity contribution in [2.24, 2.45) is 47.3 Å². The van der Waals surface area contributed by atoms with Crippen LogP contribution in [0.3, 0.4) is 0 Å². The molecule has 12 amide bonds. The lowest BCUT2D eigenvalue weighted by Gasteiger charge is -2.40. The van der Waals surface area contributed by atoms with Gasteiger partial charge in [0.1, 0.15) is 66.6 Å². The summed E-state index contributed by atoms with van der Waals surface area (Å²) in [6.45, 7) is 19.8. The molecule has 5 fully saturated rings. The fourth-order valence-corrected chi connectivity index (χ4v) is 16.2. The number of piperidine rings is 2. The van der Waals surface area contributed by atoms with E-state index < -0.39 is 175 Å². The van der Waals surface area contributed by atoms with Crippen molar-refractivity contribution >= 4 is 70.9 Å². The molecule has 28 heteroatoms. The van der Waals surface area contributed by atoms with Crippen molar-refractivity contribution in [3.05, 3.63) is 0 Å². The number of hydrogen-bond acceptors (Lipinski definition) is 15. The maximum atomic E-state index is 15.8. The van der Waals surface area contributed by atoms with Gasteiger partial charge in [0.15, 0.2) is 0 Å². The molecule has 27 nitrogen and oxygen atoms in total. The highest BCUT2D eigenvalue weighted by atomic mass is 19.1. The van der Waals surface area contributed by atoms with Gasteiger partial charge in [0.2, 0.25) is 70.9 Å². The largest absolute Gasteiger partial charge is 0.391 e. The molecule has 604 valence electrons. The van der Waals surface area contributed by atoms with E-state index in [1.807, 2.05) is 48.5 Å². The van der Waals surface area contributed by atoms with E-state index in [1.165, 1.54) is 80.8 Å². The number of amides is 12. The van der Waals surface area contributed by atoms with Crippen LogP contribution in [-0.2, 0) is 62.3 Å². The third-order valence-corrected chi connectivity index (χ3v) is 22.8. The second kappa shape index (κ2) is 43.0. The van der Waals surface area contributed by atoms with Crippen LogP contribution in [-0.4, -0.2) is 283 Å². The van der Waals surface area contributed by atoms with Gasteiger partial charge in [-0.05, 0) is 112 Å². The zero-order valence-corrected chi connectivity index (χ0v) is 67.6. The number of hydrogen-bond donors (Lipinski definition) is 6. The topological polar surface area (TPSA) is 320 Å². The number of nitrogens with one attached hydrogen (secondary N) is 5. The summed E-state index contributed by atoms with van der Waals surface area (Å²) in [4.78, 5) is 193. The van der Waals surface area contributed by atoms with Gasteiger partial charge in [-0.25, -0.2) is 4.39 Å². The summed E-state index contributed by atoms with van der Waals surface area (Å²) in [5, 5.41) is 25.9. The lowest BCUT2D eigenvalue weighted by Crippen LogP contribution is -2.63. The predicted molar refractivity (Wildman–Crippen MR) is 403 cm³/mol. The third-order valence-electron chi connectivity index (χ3n) is 22.8. The van der Waals surface area contributed by atoms with Crippen molar-refractivity contribution in [3.63, 3.8) is 0 Å². The molecule has 0 radical (unpaired) electrons. The number of alkyl halides is 1. The number of aliphatic hydroxyl groups excluding tert-OH is 1. The molecule has 0 aromatic carbocycles. The van der Waals surface area contributed by atoms with Gasteiger partial charge >= 0.3 is 0 Å². The molecule has 14 atom stereocenters. The monoisotopic (exact) mass is 1500 g/mol. The molecule has 0 aromatic rings. The second-order valence-electron chi connectivity index (χ2n) is 33.3. The van der Waals surface area contributed by atoms with E-state index in [1.54, 1.807) is 25.7 Å². The quantitative estimate of drug-likeness (QED) is 0.100. The minimum Gasteiger partial charge on any atom is -0.391 e. The van der Waals surface area contributed by atoms with Gasteiger partial charge < -0.3 is 75.6 Å². The van der Waals surface area contributed by atoms with Crippen LogP contribution in [0.5, 0.6) is 0 Å². The Bertz CT molecular complexity index is 2920. The van der Waals surface area contributed by atoms with Crippen LogP contribution in [0, 0.1) is 47.3 Å². The first-order valence-corrected chi connectivity index (χ1v) is 39.8. The number of likely N-dealkylation sites (tertiary alicyclic amines) is 1. The lowest BCUT2D eigenvalue weighted by atomic mass is 9.83. The zero-order chi connectivity index (χ0) is 79.1. The zero-order valence-electron chi connectivity index (χ0n) is 67.6. The van der Waals surface area contributed by atoms with Gasteiger partial charge in [-0.15, -0.1) is 0 Å². The molecule has 6 N–H and O–H groups in total. The first-order chi connectivity index (χ1) is 49.9. The Morgan fingerprint density at radius 3 is 1.52 bits per heavy atom. The molecule has 3 aliphatic heterocycles. The van der Waals surface area contributed by atoms with Crippen LogP contribution in [0.15, 0.2) is 0 Å². The molecule has 2 saturated carbocycles. The first kappa shape index (κ1) is 90.1. The number of halogens is 1. The van der Waals surface area contributed by atoms with Crippen molar-refractivity contribution in [1.82, 2.24) is 65.8 Å². The molecule has 0 spiro atoms. The smallest absolute Gasteiger partial charge is 0.248 e. The van der Waals surface area contributed by atoms with E-state index in [0.717, 1.165) is 80.4 Å². The number of rotatable bonds is 19. The fourth-order valence-electron chi connectivity index (χ4n) is 16.2. The minimum atomic E-state index is -1.65. The fraction of sp³-hybridized carbons (Fsp3) is 0.846. The van der Waals surface area contributed by atoms with Crippen LogP contribution in [0.4, 0.5) is 4.39 Å². The Morgan fingerprint density at radius 1 is 0.491 bits per heavy atom.